The van der Waals surface area contributed by atoms with E-state index in [2.05, 4.69) is 5.32 Å². The van der Waals surface area contributed by atoms with Gasteiger partial charge >= 0.3 is 0 Å². The van der Waals surface area contributed by atoms with Crippen LogP contribution >= 0.6 is 24.0 Å². The minimum atomic E-state index is -0.571. The van der Waals surface area contributed by atoms with E-state index in [-0.39, 0.29) is 12.4 Å². The van der Waals surface area contributed by atoms with Crippen LogP contribution in [0.2, 0.25) is 5.02 Å². The van der Waals surface area contributed by atoms with Gasteiger partial charge in [-0.1, -0.05) is 72.3 Å². The summed E-state index contributed by atoms with van der Waals surface area (Å²) in [5, 5.41) is 14.3. The molecule has 30 heavy (non-hydrogen) atoms. The molecule has 4 nitrogen and oxygen atoms in total. The molecule has 0 heterocycles. The van der Waals surface area contributed by atoms with Crippen molar-refractivity contribution in [3.63, 3.8) is 0 Å². The largest absolute Gasteiger partial charge is 0.490 e. The predicted octanol–water partition coefficient (Wildman–Crippen LogP) is 5.56. The second-order valence-corrected chi connectivity index (χ2v) is 7.02. The van der Waals surface area contributed by atoms with Crippen LogP contribution in [0.25, 0.3) is 0 Å². The zero-order chi connectivity index (χ0) is 20.5. The molecule has 0 radical (unpaired) electrons. The Balaban J connectivity index is 0.00000320. The first-order valence-electron chi connectivity index (χ1n) is 9.73. The Morgan fingerprint density at radius 1 is 0.900 bits per heavy atom. The number of nitrogens with one attached hydrogen (secondary N) is 1. The molecule has 0 bridgehead atoms. The van der Waals surface area contributed by atoms with Crippen LogP contribution in [-0.4, -0.2) is 18.3 Å². The van der Waals surface area contributed by atoms with Gasteiger partial charge in [-0.3, -0.25) is 0 Å². The van der Waals surface area contributed by atoms with Gasteiger partial charge in [0.1, 0.15) is 6.61 Å². The summed E-state index contributed by atoms with van der Waals surface area (Å²) in [6.45, 7) is 3.82. The molecular weight excluding hydrogens is 421 g/mol. The second-order valence-electron chi connectivity index (χ2n) is 6.61. The van der Waals surface area contributed by atoms with Gasteiger partial charge < -0.3 is 19.9 Å². The first kappa shape index (κ1) is 24.0. The van der Waals surface area contributed by atoms with E-state index in [4.69, 9.17) is 21.1 Å². The lowest BCUT2D eigenvalue weighted by Gasteiger charge is -2.18. The van der Waals surface area contributed by atoms with Crippen LogP contribution in [-0.2, 0) is 13.2 Å². The summed E-state index contributed by atoms with van der Waals surface area (Å²) in [5.74, 6) is 1.39. The van der Waals surface area contributed by atoms with Crippen LogP contribution in [0.15, 0.2) is 72.8 Å². The van der Waals surface area contributed by atoms with Gasteiger partial charge in [0.25, 0.3) is 0 Å². The standard InChI is InChI=1S/C24H26ClNO3.ClH/c1-2-28-23-14-8-12-19(15-26-16-22(27)18-9-4-3-5-10-18)24(23)29-17-20-11-6-7-13-21(20)25;/h3-14,22,26-27H,2,15-17H2,1H3;1H. The zero-order valence-electron chi connectivity index (χ0n) is 16.9. The lowest BCUT2D eigenvalue weighted by molar-refractivity contribution is 0.174. The van der Waals surface area contributed by atoms with E-state index in [0.717, 1.165) is 16.7 Å². The van der Waals surface area contributed by atoms with Crippen molar-refractivity contribution in [3.05, 3.63) is 94.5 Å². The summed E-state index contributed by atoms with van der Waals surface area (Å²) in [6, 6.07) is 23.1. The number of benzene rings is 3. The van der Waals surface area contributed by atoms with E-state index in [1.54, 1.807) is 0 Å². The molecule has 0 fully saturated rings. The van der Waals surface area contributed by atoms with Gasteiger partial charge in [0, 0.05) is 29.2 Å². The average Bonchev–Trinajstić information content (AvgIpc) is 2.75. The Labute approximate surface area is 189 Å². The normalized spacial score (nSPS) is 11.4. The van der Waals surface area contributed by atoms with Crippen LogP contribution in [0, 0.1) is 0 Å². The third-order valence-corrected chi connectivity index (χ3v) is 4.90. The maximum atomic E-state index is 10.4. The highest BCUT2D eigenvalue weighted by atomic mass is 35.5. The fourth-order valence-corrected chi connectivity index (χ4v) is 3.23. The maximum Gasteiger partial charge on any atom is 0.166 e. The zero-order valence-corrected chi connectivity index (χ0v) is 18.5. The van der Waals surface area contributed by atoms with Crippen molar-refractivity contribution in [2.45, 2.75) is 26.2 Å². The van der Waals surface area contributed by atoms with Crippen molar-refractivity contribution in [3.8, 4) is 11.5 Å². The van der Waals surface area contributed by atoms with Gasteiger partial charge in [0.2, 0.25) is 0 Å². The molecule has 0 saturated heterocycles. The number of rotatable bonds is 10. The molecule has 0 aliphatic carbocycles. The summed E-state index contributed by atoms with van der Waals surface area (Å²) >= 11 is 6.26. The number of hydrogen-bond acceptors (Lipinski definition) is 4. The van der Waals surface area contributed by atoms with Crippen molar-refractivity contribution < 1.29 is 14.6 Å². The molecule has 0 aliphatic heterocycles. The third kappa shape index (κ3) is 6.64. The topological polar surface area (TPSA) is 50.7 Å². The molecule has 3 rings (SSSR count). The summed E-state index contributed by atoms with van der Waals surface area (Å²) in [7, 11) is 0. The summed E-state index contributed by atoms with van der Waals surface area (Å²) in [4.78, 5) is 0. The smallest absolute Gasteiger partial charge is 0.166 e. The van der Waals surface area contributed by atoms with Crippen molar-refractivity contribution in [1.82, 2.24) is 5.32 Å². The van der Waals surface area contributed by atoms with Gasteiger partial charge in [0.15, 0.2) is 11.5 Å². The van der Waals surface area contributed by atoms with Crippen LogP contribution in [0.4, 0.5) is 0 Å². The first-order valence-corrected chi connectivity index (χ1v) is 10.1. The molecule has 0 amide bonds. The molecule has 0 saturated carbocycles. The van der Waals surface area contributed by atoms with Crippen LogP contribution in [0.5, 0.6) is 11.5 Å². The van der Waals surface area contributed by atoms with E-state index >= 15 is 0 Å². The number of halogens is 2. The molecule has 1 unspecified atom stereocenters. The number of hydrogen-bond donors (Lipinski definition) is 2. The minimum absolute atomic E-state index is 0. The number of aliphatic hydroxyl groups excluding tert-OH is 1. The van der Waals surface area contributed by atoms with Crippen molar-refractivity contribution in [2.75, 3.05) is 13.2 Å². The third-order valence-electron chi connectivity index (χ3n) is 4.53. The molecule has 160 valence electrons. The molecule has 0 aliphatic rings. The molecule has 3 aromatic rings. The first-order chi connectivity index (χ1) is 14.2. The Hall–Kier alpha value is -2.24. The van der Waals surface area contributed by atoms with Gasteiger partial charge in [-0.05, 0) is 24.6 Å². The highest BCUT2D eigenvalue weighted by molar-refractivity contribution is 6.31. The average molecular weight is 448 g/mol. The fraction of sp³-hybridized carbons (Fsp3) is 0.250. The number of aliphatic hydroxyl groups is 1. The molecule has 1 atom stereocenters. The Kier molecular flexibility index (Phi) is 9.98. The van der Waals surface area contributed by atoms with Gasteiger partial charge in [0.05, 0.1) is 12.7 Å². The van der Waals surface area contributed by atoms with E-state index < -0.39 is 6.10 Å². The summed E-state index contributed by atoms with van der Waals surface area (Å²) < 4.78 is 11.9. The molecule has 6 heteroatoms. The monoisotopic (exact) mass is 447 g/mol. The molecule has 0 spiro atoms. The maximum absolute atomic E-state index is 10.4. The summed E-state index contributed by atoms with van der Waals surface area (Å²) in [6.07, 6.45) is -0.571. The quantitative estimate of drug-likeness (QED) is 0.426. The summed E-state index contributed by atoms with van der Waals surface area (Å²) in [5.41, 5.74) is 2.76. The lowest BCUT2D eigenvalue weighted by atomic mass is 10.1. The van der Waals surface area contributed by atoms with Gasteiger partial charge in [-0.15, -0.1) is 12.4 Å². The van der Waals surface area contributed by atoms with E-state index in [9.17, 15) is 5.11 Å². The Morgan fingerprint density at radius 3 is 2.33 bits per heavy atom. The number of para-hydroxylation sites is 1. The van der Waals surface area contributed by atoms with Crippen LogP contribution < -0.4 is 14.8 Å². The molecule has 3 aromatic carbocycles. The molecule has 2 N–H and O–H groups in total. The Morgan fingerprint density at radius 2 is 1.60 bits per heavy atom. The van der Waals surface area contributed by atoms with Gasteiger partial charge in [-0.25, -0.2) is 0 Å². The predicted molar refractivity (Wildman–Crippen MR) is 124 cm³/mol. The van der Waals surface area contributed by atoms with Crippen LogP contribution in [0.1, 0.15) is 29.7 Å². The van der Waals surface area contributed by atoms with Gasteiger partial charge in [-0.2, -0.15) is 0 Å². The van der Waals surface area contributed by atoms with E-state index in [1.807, 2.05) is 79.7 Å². The minimum Gasteiger partial charge on any atom is -0.490 e. The second kappa shape index (κ2) is 12.5. The van der Waals surface area contributed by atoms with Crippen molar-refractivity contribution in [1.29, 1.82) is 0 Å². The fourth-order valence-electron chi connectivity index (χ4n) is 3.04. The lowest BCUT2D eigenvalue weighted by Crippen LogP contribution is -2.21. The van der Waals surface area contributed by atoms with Crippen LogP contribution in [0.3, 0.4) is 0 Å². The van der Waals surface area contributed by atoms with Crippen molar-refractivity contribution in [2.24, 2.45) is 0 Å². The number of ether oxygens (including phenoxy) is 2. The molecule has 0 aromatic heterocycles. The molecular formula is C24H27Cl2NO3. The highest BCUT2D eigenvalue weighted by Crippen LogP contribution is 2.33. The van der Waals surface area contributed by atoms with Crippen molar-refractivity contribution >= 4 is 24.0 Å². The van der Waals surface area contributed by atoms with E-state index in [0.29, 0.717) is 42.8 Å². The van der Waals surface area contributed by atoms with E-state index in [1.165, 1.54) is 0 Å². The SMILES string of the molecule is CCOc1cccc(CNCC(O)c2ccccc2)c1OCc1ccccc1Cl.Cl. The Bertz CT molecular complexity index is 906. The highest BCUT2D eigenvalue weighted by Gasteiger charge is 2.13.